The fourth-order valence-corrected chi connectivity index (χ4v) is 2.50. The SMILES string of the molecule is [2H]Cc1cc(Cc2c(C)cc([N+](=O)[O-])cc2C)ccc1OC. The lowest BCUT2D eigenvalue weighted by Crippen LogP contribution is -1.99. The van der Waals surface area contributed by atoms with Crippen molar-refractivity contribution < 1.29 is 11.0 Å². The van der Waals surface area contributed by atoms with E-state index in [1.54, 1.807) is 19.2 Å². The van der Waals surface area contributed by atoms with Crippen LogP contribution in [0.1, 0.15) is 29.2 Å². The molecule has 0 fully saturated rings. The van der Waals surface area contributed by atoms with Crippen molar-refractivity contribution in [2.24, 2.45) is 0 Å². The van der Waals surface area contributed by atoms with Gasteiger partial charge in [-0.3, -0.25) is 10.1 Å². The summed E-state index contributed by atoms with van der Waals surface area (Å²) in [5.74, 6) is 0.718. The molecule has 0 unspecified atom stereocenters. The summed E-state index contributed by atoms with van der Waals surface area (Å²) in [5.41, 5.74) is 4.96. The van der Waals surface area contributed by atoms with Gasteiger partial charge in [0.2, 0.25) is 0 Å². The van der Waals surface area contributed by atoms with Crippen molar-refractivity contribution in [1.29, 1.82) is 0 Å². The Morgan fingerprint density at radius 3 is 2.38 bits per heavy atom. The van der Waals surface area contributed by atoms with E-state index >= 15 is 0 Å². The molecule has 0 spiro atoms. The van der Waals surface area contributed by atoms with Gasteiger partial charge in [0.15, 0.2) is 0 Å². The summed E-state index contributed by atoms with van der Waals surface area (Å²) in [4.78, 5) is 10.5. The molecule has 110 valence electrons. The van der Waals surface area contributed by atoms with Gasteiger partial charge in [0, 0.05) is 13.5 Å². The molecule has 4 nitrogen and oxygen atoms in total. The van der Waals surface area contributed by atoms with E-state index in [0.29, 0.717) is 6.42 Å². The third-order valence-corrected chi connectivity index (χ3v) is 3.62. The summed E-state index contributed by atoms with van der Waals surface area (Å²) in [6.45, 7) is 3.95. The zero-order chi connectivity index (χ0) is 16.3. The van der Waals surface area contributed by atoms with Crippen LogP contribution in [-0.2, 0) is 6.42 Å². The first-order chi connectivity index (χ1) is 10.5. The monoisotopic (exact) mass is 286 g/mol. The van der Waals surface area contributed by atoms with Gasteiger partial charge in [-0.2, -0.15) is 0 Å². The quantitative estimate of drug-likeness (QED) is 0.627. The number of non-ortho nitro benzene ring substituents is 1. The van der Waals surface area contributed by atoms with Crippen molar-refractivity contribution in [3.63, 3.8) is 0 Å². The van der Waals surface area contributed by atoms with E-state index in [9.17, 15) is 10.1 Å². The van der Waals surface area contributed by atoms with Gasteiger partial charge in [0.1, 0.15) is 5.75 Å². The molecule has 0 bridgehead atoms. The van der Waals surface area contributed by atoms with E-state index in [-0.39, 0.29) is 17.5 Å². The lowest BCUT2D eigenvalue weighted by molar-refractivity contribution is -0.385. The Morgan fingerprint density at radius 2 is 1.86 bits per heavy atom. The minimum Gasteiger partial charge on any atom is -0.496 e. The van der Waals surface area contributed by atoms with Gasteiger partial charge in [0.05, 0.1) is 12.0 Å². The fraction of sp³-hybridized carbons (Fsp3) is 0.294. The topological polar surface area (TPSA) is 52.4 Å². The molecule has 0 saturated carbocycles. The number of hydrogen-bond donors (Lipinski definition) is 0. The second-order valence-electron chi connectivity index (χ2n) is 5.14. The molecule has 2 rings (SSSR count). The van der Waals surface area contributed by atoms with Crippen molar-refractivity contribution in [3.8, 4) is 5.75 Å². The van der Waals surface area contributed by atoms with Crippen LogP contribution in [0.3, 0.4) is 0 Å². The van der Waals surface area contributed by atoms with Gasteiger partial charge in [-0.05, 0) is 61.1 Å². The average Bonchev–Trinajstić information content (AvgIpc) is 2.50. The molecule has 0 saturated heterocycles. The Kier molecular flexibility index (Phi) is 3.86. The highest BCUT2D eigenvalue weighted by molar-refractivity contribution is 5.47. The highest BCUT2D eigenvalue weighted by Gasteiger charge is 2.12. The molecular weight excluding hydrogens is 266 g/mol. The van der Waals surface area contributed by atoms with Crippen LogP contribution < -0.4 is 4.74 Å². The number of benzene rings is 2. The van der Waals surface area contributed by atoms with Crippen molar-refractivity contribution in [1.82, 2.24) is 0 Å². The van der Waals surface area contributed by atoms with E-state index in [0.717, 1.165) is 33.6 Å². The van der Waals surface area contributed by atoms with Crippen LogP contribution in [-0.4, -0.2) is 12.0 Å². The molecule has 0 heterocycles. The van der Waals surface area contributed by atoms with Crippen LogP contribution in [0.5, 0.6) is 5.75 Å². The van der Waals surface area contributed by atoms with E-state index in [2.05, 4.69) is 0 Å². The summed E-state index contributed by atoms with van der Waals surface area (Å²) in [6.07, 6.45) is 0.687. The van der Waals surface area contributed by atoms with Crippen molar-refractivity contribution in [2.45, 2.75) is 27.2 Å². The standard InChI is InChI=1S/C17H19NO3/c1-11-8-15(18(19)20)9-12(2)16(11)10-14-5-6-17(21-4)13(3)7-14/h5-9H,10H2,1-4H3/i3D. The number of ether oxygens (including phenoxy) is 1. The summed E-state index contributed by atoms with van der Waals surface area (Å²) in [7, 11) is 1.60. The molecular formula is C17H19NO3. The Morgan fingerprint density at radius 1 is 1.19 bits per heavy atom. The Hall–Kier alpha value is -2.36. The lowest BCUT2D eigenvalue weighted by atomic mass is 9.94. The molecule has 21 heavy (non-hydrogen) atoms. The molecule has 0 aliphatic carbocycles. The smallest absolute Gasteiger partial charge is 0.269 e. The van der Waals surface area contributed by atoms with Crippen molar-refractivity contribution >= 4 is 5.69 Å². The number of nitrogens with zero attached hydrogens (tertiary/aromatic N) is 1. The third-order valence-electron chi connectivity index (χ3n) is 3.62. The maximum Gasteiger partial charge on any atom is 0.269 e. The molecule has 0 atom stereocenters. The summed E-state index contributed by atoms with van der Waals surface area (Å²) >= 11 is 0. The maximum atomic E-state index is 10.9. The van der Waals surface area contributed by atoms with E-state index < -0.39 is 0 Å². The zero-order valence-corrected chi connectivity index (χ0v) is 12.5. The van der Waals surface area contributed by atoms with Gasteiger partial charge in [0.25, 0.3) is 5.69 Å². The predicted molar refractivity (Wildman–Crippen MR) is 83.1 cm³/mol. The molecule has 0 aromatic heterocycles. The number of aryl methyl sites for hydroxylation is 3. The van der Waals surface area contributed by atoms with E-state index in [1.165, 1.54) is 0 Å². The highest BCUT2D eigenvalue weighted by atomic mass is 16.6. The van der Waals surface area contributed by atoms with Gasteiger partial charge in [-0.25, -0.2) is 0 Å². The normalized spacial score (nSPS) is 11.1. The molecule has 0 aliphatic heterocycles. The lowest BCUT2D eigenvalue weighted by Gasteiger charge is -2.12. The van der Waals surface area contributed by atoms with Crippen LogP contribution in [0.25, 0.3) is 0 Å². The van der Waals surface area contributed by atoms with Crippen LogP contribution in [0.4, 0.5) is 5.69 Å². The molecule has 0 N–H and O–H groups in total. The van der Waals surface area contributed by atoms with Crippen LogP contribution in [0.15, 0.2) is 30.3 Å². The second-order valence-corrected chi connectivity index (χ2v) is 5.14. The molecule has 0 radical (unpaired) electrons. The largest absolute Gasteiger partial charge is 0.496 e. The summed E-state index contributed by atoms with van der Waals surface area (Å²) < 4.78 is 12.8. The van der Waals surface area contributed by atoms with Gasteiger partial charge >= 0.3 is 0 Å². The van der Waals surface area contributed by atoms with Gasteiger partial charge in [-0.15, -0.1) is 0 Å². The molecule has 4 heteroatoms. The fourth-order valence-electron chi connectivity index (χ4n) is 2.50. The first-order valence-corrected chi connectivity index (χ1v) is 6.65. The second kappa shape index (κ2) is 5.95. The van der Waals surface area contributed by atoms with Gasteiger partial charge in [-0.1, -0.05) is 12.1 Å². The number of methoxy groups -OCH3 is 1. The van der Waals surface area contributed by atoms with E-state index in [4.69, 9.17) is 6.11 Å². The Balaban J connectivity index is 2.37. The van der Waals surface area contributed by atoms with E-state index in [1.807, 2.05) is 32.0 Å². The predicted octanol–water partition coefficient (Wildman–Crippen LogP) is 4.12. The number of nitro benzene ring substituents is 1. The number of nitro groups is 1. The number of hydrogen-bond acceptors (Lipinski definition) is 3. The van der Waals surface area contributed by atoms with Crippen LogP contribution in [0, 0.1) is 30.9 Å². The minimum absolute atomic E-state index is 0.125. The van der Waals surface area contributed by atoms with Crippen molar-refractivity contribution in [2.75, 3.05) is 7.11 Å². The first-order valence-electron chi connectivity index (χ1n) is 7.36. The average molecular weight is 286 g/mol. The van der Waals surface area contributed by atoms with Gasteiger partial charge < -0.3 is 4.74 Å². The molecule has 2 aromatic rings. The Bertz CT molecular complexity index is 690. The maximum absolute atomic E-state index is 10.9. The van der Waals surface area contributed by atoms with Crippen LogP contribution in [0.2, 0.25) is 0 Å². The van der Waals surface area contributed by atoms with Crippen molar-refractivity contribution in [3.05, 3.63) is 68.3 Å². The molecule has 0 amide bonds. The number of rotatable bonds is 4. The Labute approximate surface area is 125 Å². The molecule has 0 aliphatic rings. The third kappa shape index (κ3) is 3.21. The zero-order valence-electron chi connectivity index (χ0n) is 13.5. The first kappa shape index (κ1) is 13.6. The van der Waals surface area contributed by atoms with Crippen LogP contribution >= 0.6 is 0 Å². The summed E-state index contributed by atoms with van der Waals surface area (Å²) in [5, 5.41) is 10.9. The minimum atomic E-state index is -0.366. The molecule has 2 aromatic carbocycles. The highest BCUT2D eigenvalue weighted by Crippen LogP contribution is 2.26. The summed E-state index contributed by atoms with van der Waals surface area (Å²) in [6, 6.07) is 9.02.